The molecule has 3 rings (SSSR count). The van der Waals surface area contributed by atoms with Gasteiger partial charge < -0.3 is 15.0 Å². The lowest BCUT2D eigenvalue weighted by Crippen LogP contribution is -2.38. The summed E-state index contributed by atoms with van der Waals surface area (Å²) in [4.78, 5) is 25.1. The summed E-state index contributed by atoms with van der Waals surface area (Å²) in [6, 6.07) is 15.1. The highest BCUT2D eigenvalue weighted by Gasteiger charge is 2.26. The first kappa shape index (κ1) is 14.1. The Kier molecular flexibility index (Phi) is 3.78. The number of ether oxygens (including phenoxy) is 1. The quantitative estimate of drug-likeness (QED) is 0.947. The number of anilines is 2. The van der Waals surface area contributed by atoms with Crippen molar-refractivity contribution in [2.45, 2.75) is 13.5 Å². The standard InChI is InChI=1S/C17H16N2O3/c1-12(20)18-14-7-8-16-15(9-14)19(17(21)11-22-16)10-13-5-3-2-4-6-13/h2-9H,10-11H2,1H3,(H,18,20). The van der Waals surface area contributed by atoms with Crippen LogP contribution in [0, 0.1) is 0 Å². The molecule has 2 aromatic carbocycles. The minimum atomic E-state index is -0.155. The average molecular weight is 296 g/mol. The van der Waals surface area contributed by atoms with E-state index in [1.807, 2.05) is 30.3 Å². The summed E-state index contributed by atoms with van der Waals surface area (Å²) < 4.78 is 5.46. The fourth-order valence-electron chi connectivity index (χ4n) is 2.42. The molecule has 1 aliphatic heterocycles. The van der Waals surface area contributed by atoms with Gasteiger partial charge in [0.2, 0.25) is 5.91 Å². The molecule has 0 fully saturated rings. The largest absolute Gasteiger partial charge is 0.482 e. The second-order valence-corrected chi connectivity index (χ2v) is 5.12. The van der Waals surface area contributed by atoms with Crippen molar-refractivity contribution in [1.29, 1.82) is 0 Å². The van der Waals surface area contributed by atoms with E-state index >= 15 is 0 Å². The predicted molar refractivity (Wildman–Crippen MR) is 83.9 cm³/mol. The smallest absolute Gasteiger partial charge is 0.265 e. The molecular weight excluding hydrogens is 280 g/mol. The van der Waals surface area contributed by atoms with Crippen LogP contribution in [0.5, 0.6) is 5.75 Å². The Hall–Kier alpha value is -2.82. The number of amides is 2. The molecule has 1 aliphatic rings. The molecule has 0 aromatic heterocycles. The number of nitrogens with one attached hydrogen (secondary N) is 1. The van der Waals surface area contributed by atoms with Crippen LogP contribution in [0.4, 0.5) is 11.4 Å². The van der Waals surface area contributed by atoms with Gasteiger partial charge in [0.05, 0.1) is 12.2 Å². The molecule has 0 aliphatic carbocycles. The number of carbonyl (C=O) groups excluding carboxylic acids is 2. The molecule has 0 saturated carbocycles. The third-order valence-corrected chi connectivity index (χ3v) is 3.41. The summed E-state index contributed by atoms with van der Waals surface area (Å²) in [5, 5.41) is 2.72. The molecule has 112 valence electrons. The number of nitrogens with zero attached hydrogens (tertiary/aromatic N) is 1. The van der Waals surface area contributed by atoms with E-state index in [9.17, 15) is 9.59 Å². The topological polar surface area (TPSA) is 58.6 Å². The Bertz CT molecular complexity index is 713. The van der Waals surface area contributed by atoms with Crippen LogP contribution in [0.2, 0.25) is 0 Å². The number of benzene rings is 2. The zero-order valence-electron chi connectivity index (χ0n) is 12.2. The molecule has 0 saturated heterocycles. The maximum atomic E-state index is 12.2. The summed E-state index contributed by atoms with van der Waals surface area (Å²) >= 11 is 0. The first-order valence-corrected chi connectivity index (χ1v) is 7.02. The van der Waals surface area contributed by atoms with E-state index in [4.69, 9.17) is 4.74 Å². The fourth-order valence-corrected chi connectivity index (χ4v) is 2.42. The molecule has 1 N–H and O–H groups in total. The van der Waals surface area contributed by atoms with Crippen LogP contribution in [0.25, 0.3) is 0 Å². The molecule has 5 nitrogen and oxygen atoms in total. The maximum absolute atomic E-state index is 12.2. The average Bonchev–Trinajstić information content (AvgIpc) is 2.51. The number of carbonyl (C=O) groups is 2. The van der Waals surface area contributed by atoms with Crippen molar-refractivity contribution in [3.8, 4) is 5.75 Å². The molecule has 0 atom stereocenters. The van der Waals surface area contributed by atoms with Crippen molar-refractivity contribution >= 4 is 23.2 Å². The minimum Gasteiger partial charge on any atom is -0.482 e. The number of hydrogen-bond acceptors (Lipinski definition) is 3. The highest BCUT2D eigenvalue weighted by atomic mass is 16.5. The van der Waals surface area contributed by atoms with Gasteiger partial charge in [-0.2, -0.15) is 0 Å². The highest BCUT2D eigenvalue weighted by molar-refractivity contribution is 5.99. The van der Waals surface area contributed by atoms with Crippen molar-refractivity contribution in [3.05, 3.63) is 54.1 Å². The van der Waals surface area contributed by atoms with Gasteiger partial charge in [-0.05, 0) is 23.8 Å². The minimum absolute atomic E-state index is 0.0271. The van der Waals surface area contributed by atoms with Crippen LogP contribution < -0.4 is 15.0 Å². The molecule has 0 unspecified atom stereocenters. The molecule has 0 bridgehead atoms. The van der Waals surface area contributed by atoms with Gasteiger partial charge >= 0.3 is 0 Å². The molecular formula is C17H16N2O3. The summed E-state index contributed by atoms with van der Waals surface area (Å²) in [7, 11) is 0. The van der Waals surface area contributed by atoms with E-state index in [2.05, 4.69) is 5.32 Å². The van der Waals surface area contributed by atoms with E-state index in [-0.39, 0.29) is 18.4 Å². The van der Waals surface area contributed by atoms with Crippen molar-refractivity contribution in [2.75, 3.05) is 16.8 Å². The van der Waals surface area contributed by atoms with Gasteiger partial charge in [-0.15, -0.1) is 0 Å². The van der Waals surface area contributed by atoms with E-state index in [1.54, 1.807) is 23.1 Å². The first-order chi connectivity index (χ1) is 10.6. The SMILES string of the molecule is CC(=O)Nc1ccc2c(c1)N(Cc1ccccc1)C(=O)CO2. The molecule has 2 amide bonds. The molecule has 0 radical (unpaired) electrons. The summed E-state index contributed by atoms with van der Waals surface area (Å²) in [5.74, 6) is 0.388. The van der Waals surface area contributed by atoms with Gasteiger partial charge in [0, 0.05) is 12.6 Å². The predicted octanol–water partition coefficient (Wildman–Crippen LogP) is 2.57. The van der Waals surface area contributed by atoms with Crippen LogP contribution in [0.1, 0.15) is 12.5 Å². The van der Waals surface area contributed by atoms with Gasteiger partial charge in [-0.3, -0.25) is 9.59 Å². The molecule has 5 heteroatoms. The molecule has 1 heterocycles. The van der Waals surface area contributed by atoms with Gasteiger partial charge in [0.15, 0.2) is 6.61 Å². The van der Waals surface area contributed by atoms with Crippen molar-refractivity contribution in [1.82, 2.24) is 0 Å². The van der Waals surface area contributed by atoms with Crippen LogP contribution >= 0.6 is 0 Å². The van der Waals surface area contributed by atoms with Crippen LogP contribution in [-0.2, 0) is 16.1 Å². The van der Waals surface area contributed by atoms with E-state index < -0.39 is 0 Å². The lowest BCUT2D eigenvalue weighted by Gasteiger charge is -2.30. The second-order valence-electron chi connectivity index (χ2n) is 5.12. The maximum Gasteiger partial charge on any atom is 0.265 e. The van der Waals surface area contributed by atoms with Crippen LogP contribution in [0.15, 0.2) is 48.5 Å². The highest BCUT2D eigenvalue weighted by Crippen LogP contribution is 2.35. The van der Waals surface area contributed by atoms with Crippen LogP contribution in [-0.4, -0.2) is 18.4 Å². The van der Waals surface area contributed by atoms with Crippen molar-refractivity contribution in [2.24, 2.45) is 0 Å². The van der Waals surface area contributed by atoms with E-state index in [0.717, 1.165) is 5.56 Å². The third kappa shape index (κ3) is 2.93. The number of rotatable bonds is 3. The van der Waals surface area contributed by atoms with Gasteiger partial charge in [0.1, 0.15) is 5.75 Å². The third-order valence-electron chi connectivity index (χ3n) is 3.41. The Balaban J connectivity index is 1.94. The Morgan fingerprint density at radius 2 is 2.00 bits per heavy atom. The lowest BCUT2D eigenvalue weighted by atomic mass is 10.1. The summed E-state index contributed by atoms with van der Waals surface area (Å²) in [5.41, 5.74) is 2.35. The van der Waals surface area contributed by atoms with Gasteiger partial charge in [-0.25, -0.2) is 0 Å². The molecule has 22 heavy (non-hydrogen) atoms. The second kappa shape index (κ2) is 5.89. The molecule has 2 aromatic rings. The number of fused-ring (bicyclic) bond motifs is 1. The normalized spacial score (nSPS) is 13.3. The zero-order chi connectivity index (χ0) is 15.5. The van der Waals surface area contributed by atoms with Crippen molar-refractivity contribution < 1.29 is 14.3 Å². The van der Waals surface area contributed by atoms with E-state index in [1.165, 1.54) is 6.92 Å². The summed E-state index contributed by atoms with van der Waals surface area (Å²) in [6.45, 7) is 1.95. The lowest BCUT2D eigenvalue weighted by molar-refractivity contribution is -0.121. The zero-order valence-corrected chi connectivity index (χ0v) is 12.2. The molecule has 0 spiro atoms. The van der Waals surface area contributed by atoms with E-state index in [0.29, 0.717) is 23.7 Å². The Morgan fingerprint density at radius 1 is 1.23 bits per heavy atom. The Morgan fingerprint density at radius 3 is 2.73 bits per heavy atom. The monoisotopic (exact) mass is 296 g/mol. The first-order valence-electron chi connectivity index (χ1n) is 7.02. The van der Waals surface area contributed by atoms with Gasteiger partial charge in [-0.1, -0.05) is 30.3 Å². The Labute approximate surface area is 128 Å². The van der Waals surface area contributed by atoms with Crippen LogP contribution in [0.3, 0.4) is 0 Å². The van der Waals surface area contributed by atoms with Gasteiger partial charge in [0.25, 0.3) is 5.91 Å². The summed E-state index contributed by atoms with van der Waals surface area (Å²) in [6.07, 6.45) is 0. The fraction of sp³-hybridized carbons (Fsp3) is 0.176. The van der Waals surface area contributed by atoms with Crippen molar-refractivity contribution in [3.63, 3.8) is 0 Å². The number of hydrogen-bond donors (Lipinski definition) is 1.